The van der Waals surface area contributed by atoms with Gasteiger partial charge in [-0.15, -0.1) is 0 Å². The zero-order valence-electron chi connectivity index (χ0n) is 10.3. The van der Waals surface area contributed by atoms with E-state index in [0.29, 0.717) is 5.56 Å². The first-order valence-corrected chi connectivity index (χ1v) is 5.79. The standard InChI is InChI=1S/C14H12ClNO3/c1-3-12(15)13(16(18)19)9-10(2)14(17)11-7-5-4-6-8-11/h3-9H,1H2,2H3/b10-9+,13-12-. The summed E-state index contributed by atoms with van der Waals surface area (Å²) in [7, 11) is 0. The first-order valence-electron chi connectivity index (χ1n) is 5.42. The molecular weight excluding hydrogens is 266 g/mol. The van der Waals surface area contributed by atoms with Crippen LogP contribution in [0, 0.1) is 10.1 Å². The normalized spacial score (nSPS) is 12.6. The van der Waals surface area contributed by atoms with Crippen molar-refractivity contribution in [2.45, 2.75) is 6.92 Å². The fourth-order valence-electron chi connectivity index (χ4n) is 1.40. The van der Waals surface area contributed by atoms with Crippen molar-refractivity contribution < 1.29 is 9.72 Å². The van der Waals surface area contributed by atoms with E-state index < -0.39 is 4.92 Å². The number of benzene rings is 1. The Bertz CT molecular complexity index is 574. The van der Waals surface area contributed by atoms with Crippen LogP contribution in [0.5, 0.6) is 0 Å². The molecule has 0 fully saturated rings. The van der Waals surface area contributed by atoms with Gasteiger partial charge in [-0.3, -0.25) is 14.9 Å². The van der Waals surface area contributed by atoms with Crippen LogP contribution >= 0.6 is 11.6 Å². The highest BCUT2D eigenvalue weighted by Crippen LogP contribution is 2.16. The monoisotopic (exact) mass is 277 g/mol. The lowest BCUT2D eigenvalue weighted by molar-refractivity contribution is -0.419. The summed E-state index contributed by atoms with van der Waals surface area (Å²) in [6, 6.07) is 8.52. The van der Waals surface area contributed by atoms with Crippen molar-refractivity contribution in [2.24, 2.45) is 0 Å². The van der Waals surface area contributed by atoms with Gasteiger partial charge in [-0.2, -0.15) is 0 Å². The maximum atomic E-state index is 12.0. The third-order valence-electron chi connectivity index (χ3n) is 2.37. The van der Waals surface area contributed by atoms with Crippen molar-refractivity contribution in [3.63, 3.8) is 0 Å². The topological polar surface area (TPSA) is 60.2 Å². The lowest BCUT2D eigenvalue weighted by Gasteiger charge is -2.01. The van der Waals surface area contributed by atoms with Crippen LogP contribution in [0.3, 0.4) is 0 Å². The Morgan fingerprint density at radius 2 is 1.95 bits per heavy atom. The van der Waals surface area contributed by atoms with Crippen molar-refractivity contribution in [3.8, 4) is 0 Å². The highest BCUT2D eigenvalue weighted by molar-refractivity contribution is 6.31. The number of Topliss-reactive ketones (excluding diaryl/α,β-unsaturated/α-hetero) is 1. The van der Waals surface area contributed by atoms with Crippen LogP contribution in [0.4, 0.5) is 0 Å². The first kappa shape index (κ1) is 14.9. The molecule has 98 valence electrons. The Morgan fingerprint density at radius 1 is 1.37 bits per heavy atom. The average molecular weight is 278 g/mol. The number of nitrogens with zero attached hydrogens (tertiary/aromatic N) is 1. The van der Waals surface area contributed by atoms with Crippen LogP contribution in [0.1, 0.15) is 17.3 Å². The van der Waals surface area contributed by atoms with Gasteiger partial charge in [0.1, 0.15) is 5.03 Å². The highest BCUT2D eigenvalue weighted by Gasteiger charge is 2.16. The molecule has 0 atom stereocenters. The summed E-state index contributed by atoms with van der Waals surface area (Å²) in [4.78, 5) is 22.2. The minimum atomic E-state index is -0.647. The lowest BCUT2D eigenvalue weighted by atomic mass is 10.0. The fraction of sp³-hybridized carbons (Fsp3) is 0.0714. The van der Waals surface area contributed by atoms with Crippen molar-refractivity contribution in [1.82, 2.24) is 0 Å². The number of carbonyl (C=O) groups excluding carboxylic acids is 1. The van der Waals surface area contributed by atoms with E-state index in [-0.39, 0.29) is 22.1 Å². The van der Waals surface area contributed by atoms with E-state index in [4.69, 9.17) is 11.6 Å². The second kappa shape index (κ2) is 6.66. The number of rotatable bonds is 5. The zero-order chi connectivity index (χ0) is 14.4. The Kier molecular flexibility index (Phi) is 5.21. The molecule has 1 rings (SSSR count). The first-order chi connectivity index (χ1) is 8.97. The van der Waals surface area contributed by atoms with E-state index in [1.807, 2.05) is 0 Å². The van der Waals surface area contributed by atoms with Gasteiger partial charge in [0.05, 0.1) is 4.92 Å². The number of hydrogen-bond donors (Lipinski definition) is 0. The average Bonchev–Trinajstić information content (AvgIpc) is 2.43. The molecule has 0 aliphatic rings. The summed E-state index contributed by atoms with van der Waals surface area (Å²) < 4.78 is 0. The molecule has 0 saturated carbocycles. The smallest absolute Gasteiger partial charge is 0.288 e. The molecule has 0 saturated heterocycles. The van der Waals surface area contributed by atoms with Crippen LogP contribution in [-0.2, 0) is 0 Å². The summed E-state index contributed by atoms with van der Waals surface area (Å²) >= 11 is 5.69. The van der Waals surface area contributed by atoms with Crippen molar-refractivity contribution in [2.75, 3.05) is 0 Å². The van der Waals surface area contributed by atoms with Crippen molar-refractivity contribution >= 4 is 17.4 Å². The maximum absolute atomic E-state index is 12.0. The molecule has 0 aliphatic carbocycles. The number of nitro groups is 1. The summed E-state index contributed by atoms with van der Waals surface area (Å²) in [6.07, 6.45) is 2.32. The molecule has 0 aliphatic heterocycles. The number of hydrogen-bond acceptors (Lipinski definition) is 3. The zero-order valence-corrected chi connectivity index (χ0v) is 11.1. The molecule has 19 heavy (non-hydrogen) atoms. The lowest BCUT2D eigenvalue weighted by Crippen LogP contribution is -2.04. The van der Waals surface area contributed by atoms with Crippen molar-refractivity contribution in [3.05, 3.63) is 81.0 Å². The third-order valence-corrected chi connectivity index (χ3v) is 2.72. The predicted octanol–water partition coefficient (Wildman–Crippen LogP) is 3.73. The molecule has 1 aromatic carbocycles. The number of halogens is 1. The van der Waals surface area contributed by atoms with Gasteiger partial charge in [-0.05, 0) is 13.0 Å². The maximum Gasteiger partial charge on any atom is 0.288 e. The summed E-state index contributed by atoms with van der Waals surface area (Å²) in [6.45, 7) is 4.87. The van der Waals surface area contributed by atoms with Crippen LogP contribution in [0.25, 0.3) is 0 Å². The summed E-state index contributed by atoms with van der Waals surface area (Å²) in [5.41, 5.74) is 0.352. The number of allylic oxidation sites excluding steroid dienone is 4. The van der Waals surface area contributed by atoms with Gasteiger partial charge in [0.2, 0.25) is 0 Å². The van der Waals surface area contributed by atoms with E-state index in [9.17, 15) is 14.9 Å². The molecule has 0 aromatic heterocycles. The molecular formula is C14H12ClNO3. The minimum absolute atomic E-state index is 0.106. The molecule has 5 heteroatoms. The predicted molar refractivity (Wildman–Crippen MR) is 74.6 cm³/mol. The Hall–Kier alpha value is -2.20. The van der Waals surface area contributed by atoms with Crippen molar-refractivity contribution in [1.29, 1.82) is 0 Å². The fourth-order valence-corrected chi connectivity index (χ4v) is 1.52. The van der Waals surface area contributed by atoms with Crippen LogP contribution in [0.2, 0.25) is 0 Å². The van der Waals surface area contributed by atoms with E-state index >= 15 is 0 Å². The summed E-state index contributed by atoms with van der Waals surface area (Å²) in [5.74, 6) is -0.284. The SMILES string of the molecule is C=C/C(Cl)=C(\C=C(/C)C(=O)c1ccccc1)[N+](=O)[O-]. The van der Waals surface area contributed by atoms with E-state index in [1.165, 1.54) is 6.92 Å². The molecule has 0 amide bonds. The molecule has 0 bridgehead atoms. The Labute approximate surface area is 115 Å². The van der Waals surface area contributed by atoms with Gasteiger partial charge < -0.3 is 0 Å². The molecule has 0 spiro atoms. The molecule has 0 radical (unpaired) electrons. The highest BCUT2D eigenvalue weighted by atomic mass is 35.5. The second-order valence-electron chi connectivity index (χ2n) is 3.72. The van der Waals surface area contributed by atoms with Crippen LogP contribution < -0.4 is 0 Å². The van der Waals surface area contributed by atoms with E-state index in [2.05, 4.69) is 6.58 Å². The Morgan fingerprint density at radius 3 is 2.42 bits per heavy atom. The van der Waals surface area contributed by atoms with E-state index in [0.717, 1.165) is 12.2 Å². The largest absolute Gasteiger partial charge is 0.289 e. The van der Waals surface area contributed by atoms with Gasteiger partial charge in [0.15, 0.2) is 5.78 Å². The van der Waals surface area contributed by atoms with Gasteiger partial charge in [-0.1, -0.05) is 48.5 Å². The molecule has 0 heterocycles. The summed E-state index contributed by atoms with van der Waals surface area (Å²) in [5, 5.41) is 10.7. The molecule has 4 nitrogen and oxygen atoms in total. The Balaban J connectivity index is 3.15. The quantitative estimate of drug-likeness (QED) is 0.271. The molecule has 0 N–H and O–H groups in total. The third kappa shape index (κ3) is 3.89. The van der Waals surface area contributed by atoms with E-state index in [1.54, 1.807) is 30.3 Å². The van der Waals surface area contributed by atoms with Gasteiger partial charge in [0.25, 0.3) is 5.70 Å². The second-order valence-corrected chi connectivity index (χ2v) is 4.12. The van der Waals surface area contributed by atoms with Gasteiger partial charge >= 0.3 is 0 Å². The number of ketones is 1. The van der Waals surface area contributed by atoms with Gasteiger partial charge in [0, 0.05) is 17.2 Å². The molecule has 1 aromatic rings. The molecule has 0 unspecified atom stereocenters. The van der Waals surface area contributed by atoms with Gasteiger partial charge in [-0.25, -0.2) is 0 Å². The van der Waals surface area contributed by atoms with Crippen LogP contribution in [0.15, 0.2) is 65.4 Å². The minimum Gasteiger partial charge on any atom is -0.289 e. The van der Waals surface area contributed by atoms with Crippen LogP contribution in [-0.4, -0.2) is 10.7 Å². The number of carbonyl (C=O) groups is 1.